The third-order valence-corrected chi connectivity index (χ3v) is 5.31. The molecule has 1 aromatic rings. The van der Waals surface area contributed by atoms with E-state index in [1.54, 1.807) is 11.8 Å². The molecule has 0 aliphatic carbocycles. The van der Waals surface area contributed by atoms with Crippen LogP contribution >= 0.6 is 11.8 Å². The lowest BCUT2D eigenvalue weighted by Gasteiger charge is -2.25. The number of rotatable bonds is 6. The summed E-state index contributed by atoms with van der Waals surface area (Å²) in [5.41, 5.74) is 5.26. The van der Waals surface area contributed by atoms with E-state index in [9.17, 15) is 9.59 Å². The summed E-state index contributed by atoms with van der Waals surface area (Å²) in [5.74, 6) is -0.113. The fourth-order valence-corrected chi connectivity index (χ4v) is 3.80. The third-order valence-electron chi connectivity index (χ3n) is 3.95. The van der Waals surface area contributed by atoms with E-state index in [-0.39, 0.29) is 23.6 Å². The second-order valence-corrected chi connectivity index (χ2v) is 7.03. The van der Waals surface area contributed by atoms with Crippen molar-refractivity contribution in [3.05, 3.63) is 30.3 Å². The molecule has 6 heteroatoms. The van der Waals surface area contributed by atoms with E-state index in [1.807, 2.05) is 40.1 Å². The molecule has 1 aromatic carbocycles. The molecule has 0 bridgehead atoms. The monoisotopic (exact) mass is 335 g/mol. The van der Waals surface area contributed by atoms with Gasteiger partial charge in [-0.05, 0) is 25.0 Å². The maximum Gasteiger partial charge on any atom is 0.236 e. The van der Waals surface area contributed by atoms with Gasteiger partial charge in [-0.3, -0.25) is 14.5 Å². The van der Waals surface area contributed by atoms with Crippen LogP contribution in [-0.2, 0) is 9.59 Å². The zero-order valence-electron chi connectivity index (χ0n) is 13.6. The van der Waals surface area contributed by atoms with Crippen molar-refractivity contribution in [3.63, 3.8) is 0 Å². The summed E-state index contributed by atoms with van der Waals surface area (Å²) in [6.45, 7) is 5.27. The minimum absolute atomic E-state index is 0.0555. The molecule has 2 N–H and O–H groups in total. The molecule has 23 heavy (non-hydrogen) atoms. The van der Waals surface area contributed by atoms with Crippen LogP contribution in [0.15, 0.2) is 35.2 Å². The molecule has 1 heterocycles. The number of hydrogen-bond acceptors (Lipinski definition) is 4. The van der Waals surface area contributed by atoms with Crippen LogP contribution < -0.4 is 5.73 Å². The van der Waals surface area contributed by atoms with Gasteiger partial charge in [0.1, 0.15) is 0 Å². The SMILES string of the molecule is CCC(Sc1ccccc1)C(=O)N1CCCN(CC(N)=O)CC1. The molecule has 1 atom stereocenters. The number of hydrogen-bond donors (Lipinski definition) is 1. The quantitative estimate of drug-likeness (QED) is 0.802. The molecule has 0 radical (unpaired) electrons. The van der Waals surface area contributed by atoms with Gasteiger partial charge >= 0.3 is 0 Å². The molecule has 0 aromatic heterocycles. The summed E-state index contributed by atoms with van der Waals surface area (Å²) in [4.78, 5) is 28.9. The van der Waals surface area contributed by atoms with E-state index in [4.69, 9.17) is 5.73 Å². The fourth-order valence-electron chi connectivity index (χ4n) is 2.75. The Hall–Kier alpha value is -1.53. The number of nitrogens with zero attached hydrogens (tertiary/aromatic N) is 2. The van der Waals surface area contributed by atoms with Crippen molar-refractivity contribution >= 4 is 23.6 Å². The van der Waals surface area contributed by atoms with E-state index in [0.29, 0.717) is 13.1 Å². The number of carbonyl (C=O) groups excluding carboxylic acids is 2. The molecule has 0 saturated carbocycles. The minimum atomic E-state index is -0.309. The van der Waals surface area contributed by atoms with Crippen LogP contribution in [0.2, 0.25) is 0 Å². The number of carbonyl (C=O) groups is 2. The van der Waals surface area contributed by atoms with Crippen molar-refractivity contribution in [1.29, 1.82) is 0 Å². The summed E-state index contributed by atoms with van der Waals surface area (Å²) < 4.78 is 0. The maximum absolute atomic E-state index is 12.8. The van der Waals surface area contributed by atoms with Crippen molar-refractivity contribution < 1.29 is 9.59 Å². The van der Waals surface area contributed by atoms with Gasteiger partial charge in [-0.15, -0.1) is 11.8 Å². The Balaban J connectivity index is 1.93. The largest absolute Gasteiger partial charge is 0.369 e. The van der Waals surface area contributed by atoms with E-state index in [0.717, 1.165) is 30.8 Å². The molecule has 1 aliphatic heterocycles. The highest BCUT2D eigenvalue weighted by atomic mass is 32.2. The first-order valence-electron chi connectivity index (χ1n) is 8.11. The van der Waals surface area contributed by atoms with Crippen molar-refractivity contribution in [1.82, 2.24) is 9.80 Å². The van der Waals surface area contributed by atoms with Gasteiger partial charge in [0.15, 0.2) is 0 Å². The zero-order valence-corrected chi connectivity index (χ0v) is 14.4. The molecule has 126 valence electrons. The average molecular weight is 335 g/mol. The van der Waals surface area contributed by atoms with Crippen LogP contribution in [0.4, 0.5) is 0 Å². The molecular weight excluding hydrogens is 310 g/mol. The molecule has 1 unspecified atom stereocenters. The van der Waals surface area contributed by atoms with Crippen LogP contribution in [0.5, 0.6) is 0 Å². The maximum atomic E-state index is 12.8. The topological polar surface area (TPSA) is 66.6 Å². The number of benzene rings is 1. The molecule has 1 fully saturated rings. The van der Waals surface area contributed by atoms with E-state index in [1.165, 1.54) is 0 Å². The Morgan fingerprint density at radius 2 is 1.91 bits per heavy atom. The third kappa shape index (κ3) is 5.55. The molecule has 1 saturated heterocycles. The van der Waals surface area contributed by atoms with Crippen molar-refractivity contribution in [2.75, 3.05) is 32.7 Å². The average Bonchev–Trinajstić information content (AvgIpc) is 2.78. The van der Waals surface area contributed by atoms with Crippen LogP contribution in [0, 0.1) is 0 Å². The fraction of sp³-hybridized carbons (Fsp3) is 0.529. The lowest BCUT2D eigenvalue weighted by Crippen LogP contribution is -2.41. The lowest BCUT2D eigenvalue weighted by molar-refractivity contribution is -0.130. The zero-order chi connectivity index (χ0) is 16.7. The summed E-state index contributed by atoms with van der Waals surface area (Å²) in [5, 5.41) is -0.0555. The Labute approximate surface area is 142 Å². The Kier molecular flexibility index (Phi) is 6.92. The Bertz CT molecular complexity index is 524. The smallest absolute Gasteiger partial charge is 0.236 e. The molecule has 5 nitrogen and oxygen atoms in total. The van der Waals surface area contributed by atoms with E-state index < -0.39 is 0 Å². The highest BCUT2D eigenvalue weighted by Gasteiger charge is 2.26. The number of amides is 2. The van der Waals surface area contributed by atoms with E-state index >= 15 is 0 Å². The Morgan fingerprint density at radius 1 is 1.17 bits per heavy atom. The predicted molar refractivity (Wildman–Crippen MR) is 93.2 cm³/mol. The standard InChI is InChI=1S/C17H25N3O2S/c1-2-15(23-14-7-4-3-5-8-14)17(22)20-10-6-9-19(11-12-20)13-16(18)21/h3-5,7-8,15H,2,6,9-13H2,1H3,(H2,18,21). The summed E-state index contributed by atoms with van der Waals surface area (Å²) >= 11 is 1.63. The molecule has 2 rings (SSSR count). The molecule has 1 aliphatic rings. The van der Waals surface area contributed by atoms with Gasteiger partial charge in [-0.1, -0.05) is 25.1 Å². The second kappa shape index (κ2) is 8.93. The van der Waals surface area contributed by atoms with Gasteiger partial charge in [-0.2, -0.15) is 0 Å². The molecule has 0 spiro atoms. The number of nitrogens with two attached hydrogens (primary N) is 1. The van der Waals surface area contributed by atoms with Gasteiger partial charge in [-0.25, -0.2) is 0 Å². The van der Waals surface area contributed by atoms with Gasteiger partial charge < -0.3 is 10.6 Å². The number of primary amides is 1. The predicted octanol–water partition coefficient (Wildman–Crippen LogP) is 1.58. The number of thioether (sulfide) groups is 1. The second-order valence-electron chi connectivity index (χ2n) is 5.75. The molecular formula is C17H25N3O2S. The van der Waals surface area contributed by atoms with Gasteiger partial charge in [0.05, 0.1) is 11.8 Å². The van der Waals surface area contributed by atoms with Gasteiger partial charge in [0.25, 0.3) is 0 Å². The van der Waals surface area contributed by atoms with Crippen molar-refractivity contribution in [2.45, 2.75) is 29.9 Å². The van der Waals surface area contributed by atoms with Crippen LogP contribution in [0.1, 0.15) is 19.8 Å². The van der Waals surface area contributed by atoms with E-state index in [2.05, 4.69) is 6.92 Å². The van der Waals surface area contributed by atoms with Crippen LogP contribution in [0.3, 0.4) is 0 Å². The van der Waals surface area contributed by atoms with Gasteiger partial charge in [0, 0.05) is 31.1 Å². The molecule has 2 amide bonds. The van der Waals surface area contributed by atoms with Crippen LogP contribution in [-0.4, -0.2) is 59.6 Å². The van der Waals surface area contributed by atoms with Crippen LogP contribution in [0.25, 0.3) is 0 Å². The summed E-state index contributed by atoms with van der Waals surface area (Å²) in [6.07, 6.45) is 1.69. The summed E-state index contributed by atoms with van der Waals surface area (Å²) in [7, 11) is 0. The first-order chi connectivity index (χ1) is 11.1. The van der Waals surface area contributed by atoms with Gasteiger partial charge in [0.2, 0.25) is 11.8 Å². The minimum Gasteiger partial charge on any atom is -0.369 e. The highest BCUT2D eigenvalue weighted by Crippen LogP contribution is 2.26. The first kappa shape index (κ1) is 17.8. The highest BCUT2D eigenvalue weighted by molar-refractivity contribution is 8.00. The van der Waals surface area contributed by atoms with Crippen molar-refractivity contribution in [2.24, 2.45) is 5.73 Å². The van der Waals surface area contributed by atoms with Crippen molar-refractivity contribution in [3.8, 4) is 0 Å². The Morgan fingerprint density at radius 3 is 2.57 bits per heavy atom. The normalized spacial score (nSPS) is 17.5. The summed E-state index contributed by atoms with van der Waals surface area (Å²) in [6, 6.07) is 10.0. The lowest BCUT2D eigenvalue weighted by atomic mass is 10.2. The first-order valence-corrected chi connectivity index (χ1v) is 8.99.